The van der Waals surface area contributed by atoms with Crippen molar-refractivity contribution in [2.45, 2.75) is 38.8 Å². The topological polar surface area (TPSA) is 103 Å². The Morgan fingerprint density at radius 1 is 1.35 bits per heavy atom. The number of aryl methyl sites for hydroxylation is 1. The molecule has 0 radical (unpaired) electrons. The monoisotopic (exact) mass is 429 g/mol. The van der Waals surface area contributed by atoms with Gasteiger partial charge in [0.25, 0.3) is 0 Å². The number of nitrogens with one attached hydrogen (secondary N) is 2. The lowest BCUT2D eigenvalue weighted by atomic mass is 10.1. The van der Waals surface area contributed by atoms with Gasteiger partial charge in [-0.2, -0.15) is 5.10 Å². The van der Waals surface area contributed by atoms with E-state index in [4.69, 9.17) is 10.1 Å². The number of piperazine rings is 1. The molecule has 2 aliphatic rings. The number of amides is 1. The molecule has 31 heavy (non-hydrogen) atoms. The van der Waals surface area contributed by atoms with Gasteiger partial charge in [-0.15, -0.1) is 0 Å². The fraction of sp³-hybridized carbons (Fsp3) is 0.524. The van der Waals surface area contributed by atoms with Crippen LogP contribution in [0.4, 0.5) is 9.18 Å². The molecule has 4 rings (SSSR count). The molecule has 2 unspecified atom stereocenters. The first-order chi connectivity index (χ1) is 14.9. The number of carbonyl (C=O) groups is 1. The second-order valence-electron chi connectivity index (χ2n) is 8.56. The summed E-state index contributed by atoms with van der Waals surface area (Å²) in [5.74, 6) is -0.0375. The summed E-state index contributed by atoms with van der Waals surface area (Å²) in [4.78, 5) is 23.8. The molecular weight excluding hydrogens is 401 g/mol. The highest BCUT2D eigenvalue weighted by atomic mass is 19.1. The molecule has 2 aromatic rings. The summed E-state index contributed by atoms with van der Waals surface area (Å²) in [5, 5.41) is 11.6. The minimum atomic E-state index is -0.665. The Bertz CT molecular complexity index is 982. The van der Waals surface area contributed by atoms with Crippen LogP contribution >= 0.6 is 0 Å². The molecule has 0 aromatic carbocycles. The molecule has 2 atom stereocenters. The van der Waals surface area contributed by atoms with Crippen LogP contribution in [0.25, 0.3) is 17.0 Å². The van der Waals surface area contributed by atoms with Crippen LogP contribution in [0.1, 0.15) is 32.5 Å². The van der Waals surface area contributed by atoms with Crippen molar-refractivity contribution >= 4 is 18.0 Å². The number of rotatable bonds is 6. The standard InChI is InChI=1S/C21H28FN7O2/c1-13(2)12-31-21(30)29-15-4-5-16(29)11-28(10-15)19(17(22)6-23)20-24-8-18(26-20)14-7-25-27(3)9-14/h6-9,13,15-16,23H,4-5,10-12H2,1-3H3,(H,24,26)/b19-17-,23-6?. The van der Waals surface area contributed by atoms with E-state index in [1.165, 1.54) is 0 Å². The van der Waals surface area contributed by atoms with Crippen LogP contribution in [0.2, 0.25) is 0 Å². The van der Waals surface area contributed by atoms with E-state index in [-0.39, 0.29) is 29.8 Å². The molecule has 0 spiro atoms. The Labute approximate surface area is 180 Å². The van der Waals surface area contributed by atoms with E-state index < -0.39 is 5.83 Å². The maximum atomic E-state index is 14.8. The molecule has 9 nitrogen and oxygen atoms in total. The molecule has 2 saturated heterocycles. The Kier molecular flexibility index (Phi) is 5.79. The third kappa shape index (κ3) is 4.19. The van der Waals surface area contributed by atoms with Gasteiger partial charge in [-0.25, -0.2) is 14.2 Å². The predicted molar refractivity (Wildman–Crippen MR) is 114 cm³/mol. The Morgan fingerprint density at radius 2 is 2.06 bits per heavy atom. The van der Waals surface area contributed by atoms with Gasteiger partial charge >= 0.3 is 6.09 Å². The summed E-state index contributed by atoms with van der Waals surface area (Å²) in [6.45, 7) is 5.31. The van der Waals surface area contributed by atoms with Crippen molar-refractivity contribution < 1.29 is 13.9 Å². The predicted octanol–water partition coefficient (Wildman–Crippen LogP) is 3.04. The fourth-order valence-electron chi connectivity index (χ4n) is 4.33. The number of nitrogens with zero attached hydrogens (tertiary/aromatic N) is 5. The van der Waals surface area contributed by atoms with Gasteiger partial charge in [0.15, 0.2) is 11.7 Å². The number of aromatic amines is 1. The van der Waals surface area contributed by atoms with Crippen molar-refractivity contribution in [3.63, 3.8) is 0 Å². The largest absolute Gasteiger partial charge is 0.449 e. The van der Waals surface area contributed by atoms with Gasteiger partial charge in [-0.3, -0.25) is 9.58 Å². The van der Waals surface area contributed by atoms with Crippen LogP contribution in [-0.2, 0) is 11.8 Å². The van der Waals surface area contributed by atoms with Crippen LogP contribution in [0.5, 0.6) is 0 Å². The van der Waals surface area contributed by atoms with E-state index in [1.807, 2.05) is 36.9 Å². The number of likely N-dealkylation sites (tertiary alicyclic amines) is 1. The van der Waals surface area contributed by atoms with Crippen molar-refractivity contribution in [2.75, 3.05) is 19.7 Å². The summed E-state index contributed by atoms with van der Waals surface area (Å²) in [6.07, 6.45) is 7.28. The first kappa shape index (κ1) is 21.1. The lowest BCUT2D eigenvalue weighted by Crippen LogP contribution is -2.55. The van der Waals surface area contributed by atoms with Crippen molar-refractivity contribution in [2.24, 2.45) is 13.0 Å². The molecule has 2 fully saturated rings. The zero-order valence-corrected chi connectivity index (χ0v) is 18.0. The number of H-pyrrole nitrogens is 1. The van der Waals surface area contributed by atoms with E-state index in [1.54, 1.807) is 17.1 Å². The number of aromatic nitrogens is 4. The van der Waals surface area contributed by atoms with Crippen LogP contribution < -0.4 is 0 Å². The number of hydrogen-bond acceptors (Lipinski definition) is 6. The Hall–Kier alpha value is -3.17. The number of ether oxygens (including phenoxy) is 1. The highest BCUT2D eigenvalue weighted by molar-refractivity contribution is 5.85. The molecule has 4 heterocycles. The van der Waals surface area contributed by atoms with Crippen LogP contribution in [-0.4, -0.2) is 73.6 Å². The van der Waals surface area contributed by atoms with Gasteiger partial charge in [0.2, 0.25) is 0 Å². The summed E-state index contributed by atoms with van der Waals surface area (Å²) in [6, 6.07) is -0.112. The normalized spacial score (nSPS) is 21.5. The SMILES string of the molecule is CC(C)COC(=O)N1C2CCC1CN(/C(=C(\F)C=N)c1ncc(-c3cnn(C)c3)[nH]1)C2. The molecule has 166 valence electrons. The Balaban J connectivity index is 1.55. The number of hydrogen-bond donors (Lipinski definition) is 2. The highest BCUT2D eigenvalue weighted by Crippen LogP contribution is 2.35. The molecule has 0 saturated carbocycles. The maximum absolute atomic E-state index is 14.8. The van der Waals surface area contributed by atoms with Crippen LogP contribution in [0.3, 0.4) is 0 Å². The average molecular weight is 430 g/mol. The number of carbonyl (C=O) groups excluding carboxylic acids is 1. The van der Waals surface area contributed by atoms with Gasteiger partial charge < -0.3 is 20.0 Å². The number of allylic oxidation sites excluding steroid dienone is 1. The van der Waals surface area contributed by atoms with Gasteiger partial charge in [0.05, 0.1) is 43.0 Å². The van der Waals surface area contributed by atoms with E-state index in [0.717, 1.165) is 24.1 Å². The number of imidazole rings is 1. The van der Waals surface area contributed by atoms with E-state index >= 15 is 0 Å². The molecular formula is C21H28FN7O2. The van der Waals surface area contributed by atoms with Gasteiger partial charge in [0, 0.05) is 31.9 Å². The van der Waals surface area contributed by atoms with Crippen LogP contribution in [0, 0.1) is 11.3 Å². The molecule has 2 aliphatic heterocycles. The summed E-state index contributed by atoms with van der Waals surface area (Å²) in [7, 11) is 1.82. The van der Waals surface area contributed by atoms with E-state index in [9.17, 15) is 9.18 Å². The smallest absolute Gasteiger partial charge is 0.410 e. The van der Waals surface area contributed by atoms with E-state index in [0.29, 0.717) is 31.7 Å². The quantitative estimate of drug-likeness (QED) is 0.687. The van der Waals surface area contributed by atoms with Gasteiger partial charge in [0.1, 0.15) is 5.70 Å². The summed E-state index contributed by atoms with van der Waals surface area (Å²) >= 11 is 0. The molecule has 2 N–H and O–H groups in total. The molecule has 2 aromatic heterocycles. The lowest BCUT2D eigenvalue weighted by Gasteiger charge is -2.41. The van der Waals surface area contributed by atoms with Crippen molar-refractivity contribution in [1.29, 1.82) is 5.41 Å². The fourth-order valence-corrected chi connectivity index (χ4v) is 4.33. The Morgan fingerprint density at radius 3 is 2.65 bits per heavy atom. The molecule has 10 heteroatoms. The molecule has 0 aliphatic carbocycles. The number of fused-ring (bicyclic) bond motifs is 2. The highest BCUT2D eigenvalue weighted by Gasteiger charge is 2.44. The number of halogens is 1. The van der Waals surface area contributed by atoms with Crippen molar-refractivity contribution in [3.8, 4) is 11.3 Å². The van der Waals surface area contributed by atoms with Gasteiger partial charge in [-0.05, 0) is 18.8 Å². The molecule has 2 bridgehead atoms. The first-order valence-electron chi connectivity index (χ1n) is 10.5. The van der Waals surface area contributed by atoms with Gasteiger partial charge in [-0.1, -0.05) is 13.8 Å². The summed E-state index contributed by atoms with van der Waals surface area (Å²) in [5.41, 5.74) is 1.81. The minimum absolute atomic E-state index is 0.0558. The zero-order valence-electron chi connectivity index (χ0n) is 18.0. The van der Waals surface area contributed by atoms with Crippen molar-refractivity contribution in [3.05, 3.63) is 30.2 Å². The summed E-state index contributed by atoms with van der Waals surface area (Å²) < 4.78 is 22.0. The average Bonchev–Trinajstić information content (AvgIpc) is 3.44. The maximum Gasteiger partial charge on any atom is 0.410 e. The van der Waals surface area contributed by atoms with Crippen LogP contribution in [0.15, 0.2) is 24.4 Å². The second-order valence-corrected chi connectivity index (χ2v) is 8.56. The zero-order chi connectivity index (χ0) is 22.1. The van der Waals surface area contributed by atoms with Crippen molar-refractivity contribution in [1.82, 2.24) is 29.5 Å². The minimum Gasteiger partial charge on any atom is -0.449 e. The third-order valence-electron chi connectivity index (χ3n) is 5.72. The van der Waals surface area contributed by atoms with E-state index in [2.05, 4.69) is 15.1 Å². The molecule has 1 amide bonds. The first-order valence-corrected chi connectivity index (χ1v) is 10.5. The second kappa shape index (κ2) is 8.52. The third-order valence-corrected chi connectivity index (χ3v) is 5.72. The lowest BCUT2D eigenvalue weighted by molar-refractivity contribution is 0.0498.